The molecule has 0 aliphatic carbocycles. The second kappa shape index (κ2) is 4.78. The quantitative estimate of drug-likeness (QED) is 0.812. The molecular weight excluding hydrogens is 246 g/mol. The van der Waals surface area contributed by atoms with Crippen molar-refractivity contribution < 1.29 is 4.79 Å². The van der Waals surface area contributed by atoms with Crippen molar-refractivity contribution >= 4 is 11.6 Å². The van der Waals surface area contributed by atoms with Crippen LogP contribution in [0.1, 0.15) is 19.4 Å². The summed E-state index contributed by atoms with van der Waals surface area (Å²) >= 11 is 0. The third-order valence-electron chi connectivity index (χ3n) is 4.57. The van der Waals surface area contributed by atoms with Gasteiger partial charge in [-0.25, -0.2) is 0 Å². The third-order valence-corrected chi connectivity index (χ3v) is 4.57. The van der Waals surface area contributed by atoms with Crippen LogP contribution >= 0.6 is 0 Å². The minimum atomic E-state index is -0.433. The number of anilines is 1. The van der Waals surface area contributed by atoms with Crippen molar-refractivity contribution in [2.24, 2.45) is 5.92 Å². The molecule has 2 nitrogen and oxygen atoms in total. The standard InChI is InChI=1S/C18H19NO/c1-14-13-19(16-11-7-4-8-12-16)17(20)18(14,2)15-9-5-3-6-10-15/h3-12,14H,13H2,1-2H3. The first-order valence-corrected chi connectivity index (χ1v) is 7.06. The van der Waals surface area contributed by atoms with E-state index in [4.69, 9.17) is 0 Å². The summed E-state index contributed by atoms with van der Waals surface area (Å²) in [6.07, 6.45) is 0. The molecule has 0 aromatic heterocycles. The van der Waals surface area contributed by atoms with Gasteiger partial charge in [0.05, 0.1) is 5.41 Å². The van der Waals surface area contributed by atoms with E-state index in [1.54, 1.807) is 0 Å². The number of carbonyl (C=O) groups excluding carboxylic acids is 1. The second-order valence-corrected chi connectivity index (χ2v) is 5.72. The van der Waals surface area contributed by atoms with Gasteiger partial charge in [0.25, 0.3) is 0 Å². The molecule has 1 aliphatic heterocycles. The summed E-state index contributed by atoms with van der Waals surface area (Å²) in [7, 11) is 0. The Kier molecular flexibility index (Phi) is 3.09. The van der Waals surface area contributed by atoms with Gasteiger partial charge in [0.1, 0.15) is 0 Å². The lowest BCUT2D eigenvalue weighted by molar-refractivity contribution is -0.122. The minimum absolute atomic E-state index is 0.197. The van der Waals surface area contributed by atoms with Crippen molar-refractivity contribution in [3.8, 4) is 0 Å². The molecule has 0 N–H and O–H groups in total. The van der Waals surface area contributed by atoms with Crippen molar-refractivity contribution in [2.75, 3.05) is 11.4 Å². The fourth-order valence-electron chi connectivity index (χ4n) is 3.05. The van der Waals surface area contributed by atoms with Gasteiger partial charge in [0.15, 0.2) is 0 Å². The van der Waals surface area contributed by atoms with Crippen LogP contribution in [0.15, 0.2) is 60.7 Å². The summed E-state index contributed by atoms with van der Waals surface area (Å²) in [5.41, 5.74) is 1.66. The van der Waals surface area contributed by atoms with E-state index >= 15 is 0 Å². The highest BCUT2D eigenvalue weighted by Gasteiger charge is 2.49. The summed E-state index contributed by atoms with van der Waals surface area (Å²) in [4.78, 5) is 14.9. The predicted molar refractivity (Wildman–Crippen MR) is 81.8 cm³/mol. The number of hydrogen-bond donors (Lipinski definition) is 0. The molecule has 2 atom stereocenters. The van der Waals surface area contributed by atoms with E-state index in [2.05, 4.69) is 26.0 Å². The van der Waals surface area contributed by atoms with Gasteiger partial charge in [0, 0.05) is 12.2 Å². The molecule has 0 spiro atoms. The number of nitrogens with zero attached hydrogens (tertiary/aromatic N) is 1. The molecule has 2 aromatic rings. The molecule has 2 aromatic carbocycles. The maximum Gasteiger partial charge on any atom is 0.237 e. The molecule has 1 heterocycles. The predicted octanol–water partition coefficient (Wildman–Crippen LogP) is 3.63. The molecule has 1 fully saturated rings. The number of amides is 1. The topological polar surface area (TPSA) is 20.3 Å². The lowest BCUT2D eigenvalue weighted by Crippen LogP contribution is -2.37. The zero-order valence-electron chi connectivity index (χ0n) is 11.9. The zero-order valence-corrected chi connectivity index (χ0v) is 11.9. The van der Waals surface area contributed by atoms with Gasteiger partial charge in [-0.2, -0.15) is 0 Å². The molecule has 20 heavy (non-hydrogen) atoms. The zero-order chi connectivity index (χ0) is 14.2. The number of hydrogen-bond acceptors (Lipinski definition) is 1. The summed E-state index contributed by atoms with van der Waals surface area (Å²) < 4.78 is 0. The Morgan fingerprint density at radius 2 is 1.55 bits per heavy atom. The van der Waals surface area contributed by atoms with E-state index in [1.165, 1.54) is 0 Å². The van der Waals surface area contributed by atoms with Crippen LogP contribution < -0.4 is 4.90 Å². The van der Waals surface area contributed by atoms with E-state index in [1.807, 2.05) is 53.4 Å². The lowest BCUT2D eigenvalue weighted by atomic mass is 9.74. The molecule has 0 saturated carbocycles. The van der Waals surface area contributed by atoms with Gasteiger partial charge >= 0.3 is 0 Å². The molecule has 1 amide bonds. The van der Waals surface area contributed by atoms with E-state index in [9.17, 15) is 4.79 Å². The Morgan fingerprint density at radius 1 is 1.00 bits per heavy atom. The van der Waals surface area contributed by atoms with Crippen LogP contribution in [0.25, 0.3) is 0 Å². The largest absolute Gasteiger partial charge is 0.311 e. The number of rotatable bonds is 2. The van der Waals surface area contributed by atoms with Gasteiger partial charge in [-0.05, 0) is 30.5 Å². The van der Waals surface area contributed by atoms with Gasteiger partial charge < -0.3 is 4.90 Å². The van der Waals surface area contributed by atoms with Gasteiger partial charge in [0.2, 0.25) is 5.91 Å². The molecule has 0 bridgehead atoms. The molecule has 1 aliphatic rings. The van der Waals surface area contributed by atoms with E-state index in [-0.39, 0.29) is 11.8 Å². The highest BCUT2D eigenvalue weighted by atomic mass is 16.2. The maximum absolute atomic E-state index is 13.0. The van der Waals surface area contributed by atoms with Crippen molar-refractivity contribution in [3.63, 3.8) is 0 Å². The summed E-state index contributed by atoms with van der Waals surface area (Å²) in [6, 6.07) is 20.1. The Morgan fingerprint density at radius 3 is 2.15 bits per heavy atom. The molecule has 3 rings (SSSR count). The monoisotopic (exact) mass is 265 g/mol. The van der Waals surface area contributed by atoms with Crippen molar-refractivity contribution in [3.05, 3.63) is 66.2 Å². The van der Waals surface area contributed by atoms with Crippen molar-refractivity contribution in [2.45, 2.75) is 19.3 Å². The van der Waals surface area contributed by atoms with Gasteiger partial charge in [-0.3, -0.25) is 4.79 Å². The third kappa shape index (κ3) is 1.83. The SMILES string of the molecule is CC1CN(c2ccccc2)C(=O)C1(C)c1ccccc1. The van der Waals surface area contributed by atoms with Crippen LogP contribution in [-0.2, 0) is 10.2 Å². The second-order valence-electron chi connectivity index (χ2n) is 5.72. The molecule has 0 radical (unpaired) electrons. The summed E-state index contributed by atoms with van der Waals surface area (Å²) in [5, 5.41) is 0. The number of para-hydroxylation sites is 1. The Labute approximate surface area is 120 Å². The van der Waals surface area contributed by atoms with Crippen LogP contribution in [0.4, 0.5) is 5.69 Å². The average molecular weight is 265 g/mol. The molecule has 2 heteroatoms. The van der Waals surface area contributed by atoms with E-state index in [0.29, 0.717) is 0 Å². The first-order valence-electron chi connectivity index (χ1n) is 7.06. The van der Waals surface area contributed by atoms with Gasteiger partial charge in [-0.15, -0.1) is 0 Å². The highest BCUT2D eigenvalue weighted by molar-refractivity contribution is 6.03. The molecule has 1 saturated heterocycles. The molecule has 102 valence electrons. The lowest BCUT2D eigenvalue weighted by Gasteiger charge is -2.27. The maximum atomic E-state index is 13.0. The molecule has 2 unspecified atom stereocenters. The fraction of sp³-hybridized carbons (Fsp3) is 0.278. The first-order chi connectivity index (χ1) is 9.64. The minimum Gasteiger partial charge on any atom is -0.311 e. The van der Waals surface area contributed by atoms with Crippen LogP contribution in [0.2, 0.25) is 0 Å². The average Bonchev–Trinajstić information content (AvgIpc) is 2.74. The van der Waals surface area contributed by atoms with Crippen LogP contribution in [0.5, 0.6) is 0 Å². The van der Waals surface area contributed by atoms with E-state index in [0.717, 1.165) is 17.8 Å². The summed E-state index contributed by atoms with van der Waals surface area (Å²) in [6.45, 7) is 5.00. The highest BCUT2D eigenvalue weighted by Crippen LogP contribution is 2.41. The smallest absolute Gasteiger partial charge is 0.237 e. The van der Waals surface area contributed by atoms with Gasteiger partial charge in [-0.1, -0.05) is 55.5 Å². The van der Waals surface area contributed by atoms with Crippen molar-refractivity contribution in [1.82, 2.24) is 0 Å². The number of benzene rings is 2. The first kappa shape index (κ1) is 12.9. The Balaban J connectivity index is 2.01. The van der Waals surface area contributed by atoms with Crippen LogP contribution in [0, 0.1) is 5.92 Å². The van der Waals surface area contributed by atoms with Crippen LogP contribution in [-0.4, -0.2) is 12.5 Å². The fourth-order valence-corrected chi connectivity index (χ4v) is 3.05. The number of carbonyl (C=O) groups is 1. The van der Waals surface area contributed by atoms with Crippen LogP contribution in [0.3, 0.4) is 0 Å². The summed E-state index contributed by atoms with van der Waals surface area (Å²) in [5.74, 6) is 0.486. The molecular formula is C18H19NO. The van der Waals surface area contributed by atoms with Crippen molar-refractivity contribution in [1.29, 1.82) is 0 Å². The Bertz CT molecular complexity index is 608. The van der Waals surface area contributed by atoms with E-state index < -0.39 is 5.41 Å². The normalized spacial score (nSPS) is 26.0. The Hall–Kier alpha value is -2.09.